The van der Waals surface area contributed by atoms with E-state index in [-0.39, 0.29) is 22.5 Å². The van der Waals surface area contributed by atoms with Crippen molar-refractivity contribution in [3.05, 3.63) is 117 Å². The molecule has 4 aromatic rings. The third-order valence-corrected chi connectivity index (χ3v) is 5.63. The molecule has 0 aliphatic heterocycles. The molecule has 0 bridgehead atoms. The molecule has 0 radical (unpaired) electrons. The van der Waals surface area contributed by atoms with Crippen molar-refractivity contribution in [2.24, 2.45) is 0 Å². The van der Waals surface area contributed by atoms with Gasteiger partial charge in [0.05, 0.1) is 9.85 Å². The standard InChI is InChI=1S/C26H24N4O4.2BF4/c1-26(2,3)22-6-4-5-7-23(22)27-14-10-19(11-15-27)20-12-16-28(17-13-20)24-9-8-21(29(31)32)18-25(24)30(33)34;2*2-1(3,4)5/h4-18H,1-3H3;;/q+2;2*-1. The molecule has 0 fully saturated rings. The predicted octanol–water partition coefficient (Wildman–Crippen LogP) is 7.62. The number of para-hydroxylation sites is 1. The molecule has 18 heteroatoms. The van der Waals surface area contributed by atoms with Gasteiger partial charge in [0, 0.05) is 48.0 Å². The van der Waals surface area contributed by atoms with E-state index in [9.17, 15) is 54.8 Å². The van der Waals surface area contributed by atoms with E-state index in [2.05, 4.69) is 37.5 Å². The largest absolute Gasteiger partial charge is 0.673 e. The molecule has 0 aliphatic carbocycles. The lowest BCUT2D eigenvalue weighted by Gasteiger charge is -2.19. The predicted molar refractivity (Wildman–Crippen MR) is 147 cm³/mol. The summed E-state index contributed by atoms with van der Waals surface area (Å²) in [5.74, 6) is 0. The second-order valence-electron chi connectivity index (χ2n) is 9.93. The molecule has 234 valence electrons. The summed E-state index contributed by atoms with van der Waals surface area (Å²) in [5.41, 5.74) is 3.92. The van der Waals surface area contributed by atoms with Crippen molar-refractivity contribution >= 4 is 25.9 Å². The summed E-state index contributed by atoms with van der Waals surface area (Å²) in [6.45, 7) is 6.57. The molecular weight excluding hydrogens is 606 g/mol. The summed E-state index contributed by atoms with van der Waals surface area (Å²) in [5, 5.41) is 22.4. The number of nitrogens with zero attached hydrogens (tertiary/aromatic N) is 4. The third kappa shape index (κ3) is 11.4. The van der Waals surface area contributed by atoms with Gasteiger partial charge in [-0.15, -0.1) is 0 Å². The summed E-state index contributed by atoms with van der Waals surface area (Å²) < 4.78 is 81.7. The molecule has 2 heterocycles. The van der Waals surface area contributed by atoms with Gasteiger partial charge in [0.25, 0.3) is 11.4 Å². The number of pyridine rings is 2. The minimum atomic E-state index is -6.00. The molecule has 0 saturated carbocycles. The number of non-ortho nitro benzene ring substituents is 1. The van der Waals surface area contributed by atoms with Crippen molar-refractivity contribution in [1.82, 2.24) is 0 Å². The van der Waals surface area contributed by atoms with Crippen molar-refractivity contribution in [2.45, 2.75) is 26.2 Å². The summed E-state index contributed by atoms with van der Waals surface area (Å²) in [6, 6.07) is 19.7. The molecule has 0 amide bonds. The van der Waals surface area contributed by atoms with Crippen LogP contribution in [0.4, 0.5) is 45.9 Å². The van der Waals surface area contributed by atoms with Crippen LogP contribution in [0.25, 0.3) is 22.5 Å². The van der Waals surface area contributed by atoms with Crippen LogP contribution >= 0.6 is 0 Å². The zero-order valence-electron chi connectivity index (χ0n) is 23.3. The Hall–Kier alpha value is -4.89. The number of benzene rings is 2. The van der Waals surface area contributed by atoms with E-state index in [0.29, 0.717) is 0 Å². The maximum absolute atomic E-state index is 11.5. The van der Waals surface area contributed by atoms with Crippen molar-refractivity contribution in [2.75, 3.05) is 0 Å². The van der Waals surface area contributed by atoms with Gasteiger partial charge in [-0.25, -0.2) is 0 Å². The average molecular weight is 630 g/mol. The Morgan fingerprint density at radius 2 is 1.02 bits per heavy atom. The van der Waals surface area contributed by atoms with Crippen LogP contribution in [-0.4, -0.2) is 24.4 Å². The van der Waals surface area contributed by atoms with E-state index in [1.807, 2.05) is 48.8 Å². The molecule has 4 rings (SSSR count). The number of halogens is 8. The van der Waals surface area contributed by atoms with Gasteiger partial charge in [-0.3, -0.25) is 20.2 Å². The summed E-state index contributed by atoms with van der Waals surface area (Å²) in [7, 11) is -12.0. The first-order valence-corrected chi connectivity index (χ1v) is 12.5. The first kappa shape index (κ1) is 35.3. The Bertz CT molecular complexity index is 1570. The zero-order valence-corrected chi connectivity index (χ0v) is 23.3. The molecule has 8 nitrogen and oxygen atoms in total. The molecule has 2 aromatic heterocycles. The Labute approximate surface area is 245 Å². The van der Waals surface area contributed by atoms with Crippen LogP contribution in [-0.2, 0) is 5.41 Å². The fourth-order valence-corrected chi connectivity index (χ4v) is 3.88. The first-order valence-electron chi connectivity index (χ1n) is 12.5. The Morgan fingerprint density at radius 3 is 1.41 bits per heavy atom. The third-order valence-electron chi connectivity index (χ3n) is 5.63. The maximum atomic E-state index is 11.5. The molecule has 0 spiro atoms. The van der Waals surface area contributed by atoms with Crippen molar-refractivity contribution in [1.29, 1.82) is 0 Å². The highest BCUT2D eigenvalue weighted by Crippen LogP contribution is 2.27. The van der Waals surface area contributed by atoms with Gasteiger partial charge in [0.2, 0.25) is 5.69 Å². The first-order chi connectivity index (χ1) is 20.1. The van der Waals surface area contributed by atoms with Gasteiger partial charge in [0.1, 0.15) is 6.07 Å². The quantitative estimate of drug-likeness (QED) is 0.0746. The SMILES string of the molecule is CC(C)(C)c1ccccc1-[n+]1ccc(-c2cc[n+](-c3ccc([N+](=O)[O-])cc3[N+](=O)[O-])cc2)cc1.F[B-](F)(F)F.F[B-](F)(F)F. The Balaban J connectivity index is 0.000000586. The number of rotatable bonds is 5. The van der Waals surface area contributed by atoms with E-state index in [1.165, 1.54) is 17.7 Å². The maximum Gasteiger partial charge on any atom is 0.673 e. The lowest BCUT2D eigenvalue weighted by molar-refractivity contribution is -0.600. The van der Waals surface area contributed by atoms with Crippen LogP contribution in [0.5, 0.6) is 0 Å². The number of nitro benzene ring substituents is 2. The second kappa shape index (κ2) is 14.1. The fraction of sp³-hybridized carbons (Fsp3) is 0.154. The molecule has 0 N–H and O–H groups in total. The average Bonchev–Trinajstić information content (AvgIpc) is 2.90. The minimum absolute atomic E-state index is 0.00972. The van der Waals surface area contributed by atoms with Crippen LogP contribution < -0.4 is 9.13 Å². The molecule has 0 aliphatic rings. The number of hydrogen-bond donors (Lipinski definition) is 0. The van der Waals surface area contributed by atoms with Crippen LogP contribution in [0.3, 0.4) is 0 Å². The monoisotopic (exact) mass is 630 g/mol. The van der Waals surface area contributed by atoms with Crippen molar-refractivity contribution in [3.8, 4) is 22.5 Å². The normalized spacial score (nSPS) is 11.4. The van der Waals surface area contributed by atoms with E-state index in [1.54, 1.807) is 17.0 Å². The minimum Gasteiger partial charge on any atom is -0.418 e. The topological polar surface area (TPSA) is 94.0 Å². The van der Waals surface area contributed by atoms with Crippen molar-refractivity contribution in [3.63, 3.8) is 0 Å². The summed E-state index contributed by atoms with van der Waals surface area (Å²) in [4.78, 5) is 21.2. The van der Waals surface area contributed by atoms with Gasteiger partial charge in [-0.2, -0.15) is 9.13 Å². The molecule has 0 atom stereocenters. The van der Waals surface area contributed by atoms with E-state index >= 15 is 0 Å². The summed E-state index contributed by atoms with van der Waals surface area (Å²) >= 11 is 0. The molecule has 0 unspecified atom stereocenters. The van der Waals surface area contributed by atoms with Crippen LogP contribution in [0, 0.1) is 20.2 Å². The van der Waals surface area contributed by atoms with E-state index in [4.69, 9.17) is 0 Å². The molecule has 2 aromatic carbocycles. The second-order valence-corrected chi connectivity index (χ2v) is 9.93. The molecule has 0 saturated heterocycles. The molecular formula is C26H24B2F8N4O4. The number of hydrogen-bond acceptors (Lipinski definition) is 4. The van der Waals surface area contributed by atoms with Crippen LogP contribution in [0.15, 0.2) is 91.5 Å². The highest BCUT2D eigenvalue weighted by molar-refractivity contribution is 6.50. The Kier molecular flexibility index (Phi) is 11.3. The van der Waals surface area contributed by atoms with Gasteiger partial charge < -0.3 is 34.5 Å². The van der Waals surface area contributed by atoms with Crippen LogP contribution in [0.2, 0.25) is 0 Å². The summed E-state index contributed by atoms with van der Waals surface area (Å²) in [6.07, 6.45) is 7.45. The van der Waals surface area contributed by atoms with Crippen molar-refractivity contribution < 1.29 is 53.5 Å². The van der Waals surface area contributed by atoms with Gasteiger partial charge in [-0.1, -0.05) is 39.0 Å². The smallest absolute Gasteiger partial charge is 0.418 e. The zero-order chi connectivity index (χ0) is 33.5. The Morgan fingerprint density at radius 1 is 0.614 bits per heavy atom. The van der Waals surface area contributed by atoms with Crippen LogP contribution in [0.1, 0.15) is 26.3 Å². The van der Waals surface area contributed by atoms with E-state index in [0.717, 1.165) is 22.9 Å². The highest BCUT2D eigenvalue weighted by atomic mass is 19.5. The van der Waals surface area contributed by atoms with Gasteiger partial charge >= 0.3 is 20.2 Å². The lowest BCUT2D eigenvalue weighted by atomic mass is 9.85. The molecule has 44 heavy (non-hydrogen) atoms. The van der Waals surface area contributed by atoms with Gasteiger partial charge in [-0.05, 0) is 16.5 Å². The van der Waals surface area contributed by atoms with Gasteiger partial charge in [0.15, 0.2) is 24.8 Å². The number of aromatic nitrogens is 2. The highest BCUT2D eigenvalue weighted by Gasteiger charge is 2.27. The lowest BCUT2D eigenvalue weighted by Crippen LogP contribution is -2.33. The number of nitro groups is 2. The fourth-order valence-electron chi connectivity index (χ4n) is 3.88. The van der Waals surface area contributed by atoms with E-state index < -0.39 is 24.4 Å².